The quantitative estimate of drug-likeness (QED) is 0.696. The van der Waals surface area contributed by atoms with Gasteiger partial charge in [0, 0.05) is 22.7 Å². The van der Waals surface area contributed by atoms with E-state index in [0.717, 1.165) is 25.7 Å². The summed E-state index contributed by atoms with van der Waals surface area (Å²) in [7, 11) is 0. The van der Waals surface area contributed by atoms with Crippen molar-refractivity contribution in [1.82, 2.24) is 10.6 Å². The number of hydrogen-bond donors (Lipinski definition) is 2. The predicted molar refractivity (Wildman–Crippen MR) is 97.7 cm³/mol. The molecule has 0 spiro atoms. The van der Waals surface area contributed by atoms with E-state index >= 15 is 0 Å². The Morgan fingerprint density at radius 1 is 1.07 bits per heavy atom. The second-order valence-corrected chi connectivity index (χ2v) is 8.16. The van der Waals surface area contributed by atoms with Crippen LogP contribution in [0.15, 0.2) is 24.3 Å². The summed E-state index contributed by atoms with van der Waals surface area (Å²) in [5, 5.41) is 6.69. The summed E-state index contributed by atoms with van der Waals surface area (Å²) in [5.41, 5.74) is -0.384. The summed E-state index contributed by atoms with van der Waals surface area (Å²) in [6.07, 6.45) is 3.13. The molecule has 4 aliphatic rings. The van der Waals surface area contributed by atoms with Crippen LogP contribution in [0.25, 0.3) is 0 Å². The number of rotatable bonds is 8. The summed E-state index contributed by atoms with van der Waals surface area (Å²) in [6, 6.07) is 6.87. The van der Waals surface area contributed by atoms with Crippen LogP contribution >= 0.6 is 11.6 Å². The van der Waals surface area contributed by atoms with Crippen molar-refractivity contribution in [1.29, 1.82) is 0 Å². The van der Waals surface area contributed by atoms with Gasteiger partial charge in [0.1, 0.15) is 12.4 Å². The number of carbonyl (C=O) groups excluding carboxylic acids is 2. The van der Waals surface area contributed by atoms with Gasteiger partial charge in [-0.3, -0.25) is 9.59 Å². The molecule has 1 saturated heterocycles. The van der Waals surface area contributed by atoms with Crippen molar-refractivity contribution >= 4 is 23.4 Å². The molecule has 0 aromatic heterocycles. The van der Waals surface area contributed by atoms with Gasteiger partial charge in [0.2, 0.25) is 5.91 Å². The molecule has 146 valence electrons. The van der Waals surface area contributed by atoms with Gasteiger partial charge in [0.15, 0.2) is 6.61 Å². The number of nitrogens with one attached hydrogen (secondary N) is 2. The van der Waals surface area contributed by atoms with Crippen LogP contribution in [0.2, 0.25) is 5.02 Å². The molecule has 1 aliphatic heterocycles. The van der Waals surface area contributed by atoms with E-state index in [1.165, 1.54) is 0 Å². The summed E-state index contributed by atoms with van der Waals surface area (Å²) in [5.74, 6) is 0.338. The van der Waals surface area contributed by atoms with Gasteiger partial charge < -0.3 is 24.8 Å². The Labute approximate surface area is 162 Å². The lowest BCUT2D eigenvalue weighted by atomic mass is 9.44. The van der Waals surface area contributed by atoms with Gasteiger partial charge in [0.25, 0.3) is 5.91 Å². The largest absolute Gasteiger partial charge is 0.484 e. The van der Waals surface area contributed by atoms with Crippen LogP contribution in [0.4, 0.5) is 0 Å². The number of carbonyl (C=O) groups is 2. The normalized spacial score (nSPS) is 30.8. The Morgan fingerprint density at radius 2 is 1.70 bits per heavy atom. The summed E-state index contributed by atoms with van der Waals surface area (Å²) < 4.78 is 16.2. The highest BCUT2D eigenvalue weighted by atomic mass is 35.5. The third-order valence-corrected chi connectivity index (χ3v) is 5.61. The lowest BCUT2D eigenvalue weighted by Crippen LogP contribution is -2.84. The Kier molecular flexibility index (Phi) is 5.01. The van der Waals surface area contributed by atoms with E-state index in [4.69, 9.17) is 25.8 Å². The first-order valence-electron chi connectivity index (χ1n) is 9.16. The summed E-state index contributed by atoms with van der Waals surface area (Å²) in [6.45, 7) is 1.27. The molecule has 0 radical (unpaired) electrons. The van der Waals surface area contributed by atoms with Crippen molar-refractivity contribution in [2.24, 2.45) is 0 Å². The highest BCUT2D eigenvalue weighted by Crippen LogP contribution is 2.60. The maximum atomic E-state index is 12.1. The van der Waals surface area contributed by atoms with Gasteiger partial charge in [-0.25, -0.2) is 0 Å². The molecule has 5 rings (SSSR count). The van der Waals surface area contributed by atoms with Gasteiger partial charge in [0.05, 0.1) is 12.7 Å². The number of amides is 2. The van der Waals surface area contributed by atoms with Crippen LogP contribution in [0.5, 0.6) is 5.75 Å². The van der Waals surface area contributed by atoms with Gasteiger partial charge in [-0.05, 0) is 49.9 Å². The van der Waals surface area contributed by atoms with Crippen LogP contribution in [0.3, 0.4) is 0 Å². The number of ether oxygens (including phenoxy) is 3. The molecular weight excluding hydrogens is 372 g/mol. The first-order valence-corrected chi connectivity index (χ1v) is 9.54. The molecule has 1 unspecified atom stereocenters. The minimum absolute atomic E-state index is 0.0232. The third kappa shape index (κ3) is 4.20. The minimum Gasteiger partial charge on any atom is -0.484 e. The first-order chi connectivity index (χ1) is 13.0. The average molecular weight is 395 g/mol. The fourth-order valence-corrected chi connectivity index (χ4v) is 4.36. The molecule has 1 heterocycles. The molecule has 27 heavy (non-hydrogen) atoms. The lowest BCUT2D eigenvalue weighted by Gasteiger charge is -2.70. The lowest BCUT2D eigenvalue weighted by molar-refractivity contribution is -0.153. The van der Waals surface area contributed by atoms with Crippen molar-refractivity contribution in [3.63, 3.8) is 0 Å². The van der Waals surface area contributed by atoms with Gasteiger partial charge in [-0.1, -0.05) is 11.6 Å². The standard InChI is InChI=1S/C19H23ClN2O5/c20-13-1-3-14(4-2-13)26-8-16(23)21-18-10-19(11-18,12-18)22-17(24)9-27-15-5-6-25-7-15/h1-4,15H,5-12H2,(H,21,23)(H,22,24). The number of halogens is 1. The van der Waals surface area contributed by atoms with Gasteiger partial charge in [-0.2, -0.15) is 0 Å². The van der Waals surface area contributed by atoms with Crippen molar-refractivity contribution in [3.8, 4) is 5.75 Å². The molecule has 1 aromatic carbocycles. The fraction of sp³-hybridized carbons (Fsp3) is 0.579. The second kappa shape index (κ2) is 7.30. The van der Waals surface area contributed by atoms with Crippen LogP contribution in [0.1, 0.15) is 25.7 Å². The van der Waals surface area contributed by atoms with E-state index < -0.39 is 0 Å². The van der Waals surface area contributed by atoms with Crippen molar-refractivity contribution < 1.29 is 23.8 Å². The molecule has 1 atom stereocenters. The molecule has 4 fully saturated rings. The van der Waals surface area contributed by atoms with Crippen LogP contribution in [-0.2, 0) is 19.1 Å². The SMILES string of the molecule is O=C(COc1ccc(Cl)cc1)NC12CC(NC(=O)COC3CCOC3)(C1)C2. The van der Waals surface area contributed by atoms with Crippen molar-refractivity contribution in [3.05, 3.63) is 29.3 Å². The van der Waals surface area contributed by atoms with E-state index in [0.29, 0.717) is 24.0 Å². The van der Waals surface area contributed by atoms with Crippen LogP contribution in [0, 0.1) is 0 Å². The van der Waals surface area contributed by atoms with E-state index in [1.807, 2.05) is 0 Å². The van der Waals surface area contributed by atoms with Crippen LogP contribution in [-0.4, -0.2) is 55.4 Å². The highest BCUT2D eigenvalue weighted by Gasteiger charge is 2.69. The molecule has 7 nitrogen and oxygen atoms in total. The summed E-state index contributed by atoms with van der Waals surface area (Å²) in [4.78, 5) is 24.2. The zero-order valence-corrected chi connectivity index (χ0v) is 15.7. The topological polar surface area (TPSA) is 85.9 Å². The molecule has 2 N–H and O–H groups in total. The van der Waals surface area contributed by atoms with E-state index in [9.17, 15) is 9.59 Å². The highest BCUT2D eigenvalue weighted by molar-refractivity contribution is 6.30. The first kappa shape index (κ1) is 18.5. The van der Waals surface area contributed by atoms with Gasteiger partial charge >= 0.3 is 0 Å². The minimum atomic E-state index is -0.201. The van der Waals surface area contributed by atoms with E-state index in [1.54, 1.807) is 24.3 Å². The van der Waals surface area contributed by atoms with E-state index in [-0.39, 0.29) is 42.2 Å². The third-order valence-electron chi connectivity index (χ3n) is 5.36. The second-order valence-electron chi connectivity index (χ2n) is 7.73. The molecule has 2 amide bonds. The van der Waals surface area contributed by atoms with E-state index in [2.05, 4.69) is 10.6 Å². The zero-order valence-electron chi connectivity index (χ0n) is 15.0. The Morgan fingerprint density at radius 3 is 2.30 bits per heavy atom. The van der Waals surface area contributed by atoms with Crippen molar-refractivity contribution in [2.75, 3.05) is 26.4 Å². The molecule has 3 saturated carbocycles. The zero-order chi connectivity index (χ0) is 18.9. The van der Waals surface area contributed by atoms with Gasteiger partial charge in [-0.15, -0.1) is 0 Å². The maximum absolute atomic E-state index is 12.1. The fourth-order valence-electron chi connectivity index (χ4n) is 4.23. The Bertz CT molecular complexity index is 698. The van der Waals surface area contributed by atoms with Crippen LogP contribution < -0.4 is 15.4 Å². The van der Waals surface area contributed by atoms with Crippen molar-refractivity contribution in [2.45, 2.75) is 42.9 Å². The monoisotopic (exact) mass is 394 g/mol. The Balaban J connectivity index is 1.14. The molecule has 3 aliphatic carbocycles. The number of hydrogen-bond acceptors (Lipinski definition) is 5. The smallest absolute Gasteiger partial charge is 0.258 e. The average Bonchev–Trinajstić information content (AvgIpc) is 3.10. The molecular formula is C19H23ClN2O5. The maximum Gasteiger partial charge on any atom is 0.258 e. The summed E-state index contributed by atoms with van der Waals surface area (Å²) >= 11 is 5.82. The molecule has 2 bridgehead atoms. The predicted octanol–water partition coefficient (Wildman–Crippen LogP) is 1.43. The number of benzene rings is 1. The molecule has 1 aromatic rings. The Hall–Kier alpha value is -1.83. The molecule has 8 heteroatoms.